The maximum Gasteiger partial charge on any atom is 0.419 e. The van der Waals surface area contributed by atoms with Crippen molar-refractivity contribution in [2.24, 2.45) is 0 Å². The average molecular weight is 585 g/mol. The van der Waals surface area contributed by atoms with Gasteiger partial charge in [-0.2, -0.15) is 18.4 Å². The molecule has 14 heteroatoms. The number of carbonyl (C=O) groups is 1. The van der Waals surface area contributed by atoms with Crippen LogP contribution in [0.1, 0.15) is 43.4 Å². The van der Waals surface area contributed by atoms with Crippen LogP contribution >= 0.6 is 24.6 Å². The molecule has 0 unspecified atom stereocenters. The van der Waals surface area contributed by atoms with Gasteiger partial charge in [-0.15, -0.1) is 12.4 Å². The second-order valence-electron chi connectivity index (χ2n) is 9.55. The molecule has 208 valence electrons. The second kappa shape index (κ2) is 11.2. The molecule has 2 saturated heterocycles. The largest absolute Gasteiger partial charge is 0.474 e. The summed E-state index contributed by atoms with van der Waals surface area (Å²) in [6.07, 6.45) is 0.955. The number of halogens is 5. The van der Waals surface area contributed by atoms with Crippen LogP contribution in [-0.4, -0.2) is 63.8 Å². The second-order valence-corrected chi connectivity index (χ2v) is 9.91. The molecule has 4 heterocycles. The topological polar surface area (TPSA) is 85.6 Å². The molecule has 2 aromatic rings. The lowest BCUT2D eigenvalue weighted by Crippen LogP contribution is -2.55. The molecule has 0 atom stereocenters. The molecule has 2 aliphatic heterocycles. The van der Waals surface area contributed by atoms with Crippen LogP contribution in [-0.2, 0) is 11.0 Å². The third-order valence-corrected chi connectivity index (χ3v) is 7.70. The number of aromatic nitrogens is 2. The molecule has 1 spiro atoms. The van der Waals surface area contributed by atoms with Gasteiger partial charge in [-0.25, -0.2) is 14.4 Å². The van der Waals surface area contributed by atoms with Crippen LogP contribution < -0.4 is 14.5 Å². The highest BCUT2D eigenvalue weighted by molar-refractivity contribution is 7.81. The first-order valence-electron chi connectivity index (χ1n) is 12.2. The van der Waals surface area contributed by atoms with Crippen LogP contribution in [0, 0.1) is 11.3 Å². The maximum absolute atomic E-state index is 13.6. The van der Waals surface area contributed by atoms with Crippen molar-refractivity contribution in [3.05, 3.63) is 41.9 Å². The van der Waals surface area contributed by atoms with Crippen molar-refractivity contribution in [2.45, 2.75) is 49.9 Å². The molecule has 8 nitrogen and oxygen atoms in total. The number of ether oxygens (including phenoxy) is 1. The molecule has 0 bridgehead atoms. The molecule has 5 rings (SSSR count). The molecule has 3 fully saturated rings. The van der Waals surface area contributed by atoms with Crippen LogP contribution in [0.3, 0.4) is 0 Å². The van der Waals surface area contributed by atoms with E-state index in [2.05, 4.69) is 9.97 Å². The van der Waals surface area contributed by atoms with E-state index < -0.39 is 28.9 Å². The molecule has 0 aromatic carbocycles. The first-order valence-corrected chi connectivity index (χ1v) is 12.7. The van der Waals surface area contributed by atoms with Gasteiger partial charge in [-0.05, 0) is 56.5 Å². The zero-order valence-corrected chi connectivity index (χ0v) is 22.3. The van der Waals surface area contributed by atoms with E-state index in [1.165, 1.54) is 12.3 Å². The predicted molar refractivity (Wildman–Crippen MR) is 141 cm³/mol. The van der Waals surface area contributed by atoms with Gasteiger partial charge in [0.05, 0.1) is 29.3 Å². The maximum atomic E-state index is 13.6. The van der Waals surface area contributed by atoms with Crippen LogP contribution in [0.2, 0.25) is 0 Å². The van der Waals surface area contributed by atoms with Crippen LogP contribution in [0.5, 0.6) is 5.88 Å². The van der Waals surface area contributed by atoms with E-state index in [0.29, 0.717) is 31.0 Å². The normalized spacial score (nSPS) is 19.6. The SMILES string of the molecule is Cl.N#Cc1ncc(N2C(=O)C3(CCC3)N(c3ccc(OC4CCN(CCF)CC4)nc3)C2=S)cc1C(F)(F)F. The summed E-state index contributed by atoms with van der Waals surface area (Å²) in [5.41, 5.74) is -2.65. The first kappa shape index (κ1) is 28.9. The van der Waals surface area contributed by atoms with Crippen molar-refractivity contribution in [1.29, 1.82) is 5.26 Å². The molecule has 0 radical (unpaired) electrons. The van der Waals surface area contributed by atoms with Gasteiger partial charge in [0, 0.05) is 25.7 Å². The van der Waals surface area contributed by atoms with E-state index in [4.69, 9.17) is 22.2 Å². The number of alkyl halides is 4. The van der Waals surface area contributed by atoms with Gasteiger partial charge < -0.3 is 14.5 Å². The van der Waals surface area contributed by atoms with Crippen molar-refractivity contribution < 1.29 is 27.1 Å². The van der Waals surface area contributed by atoms with Gasteiger partial charge in [0.25, 0.3) is 5.91 Å². The van der Waals surface area contributed by atoms with E-state index in [-0.39, 0.29) is 36.0 Å². The summed E-state index contributed by atoms with van der Waals surface area (Å²) >= 11 is 5.61. The van der Waals surface area contributed by atoms with Gasteiger partial charge in [-0.3, -0.25) is 9.69 Å². The highest BCUT2D eigenvalue weighted by Gasteiger charge is 2.60. The van der Waals surface area contributed by atoms with Gasteiger partial charge in [0.15, 0.2) is 10.8 Å². The number of anilines is 2. The fraction of sp³-hybridized carbons (Fsp3) is 0.480. The van der Waals surface area contributed by atoms with E-state index >= 15 is 0 Å². The number of nitrogens with zero attached hydrogens (tertiary/aromatic N) is 6. The monoisotopic (exact) mass is 584 g/mol. The average Bonchev–Trinajstić information content (AvgIpc) is 3.11. The Morgan fingerprint density at radius 2 is 1.85 bits per heavy atom. The lowest BCUT2D eigenvalue weighted by molar-refractivity contribution is -0.138. The number of piperidine rings is 1. The van der Waals surface area contributed by atoms with Crippen LogP contribution in [0.15, 0.2) is 30.6 Å². The smallest absolute Gasteiger partial charge is 0.419 e. The summed E-state index contributed by atoms with van der Waals surface area (Å²) in [5.74, 6) is -0.0338. The van der Waals surface area contributed by atoms with Gasteiger partial charge in [-0.1, -0.05) is 0 Å². The Kier molecular flexibility index (Phi) is 8.30. The van der Waals surface area contributed by atoms with Crippen molar-refractivity contribution in [3.63, 3.8) is 0 Å². The summed E-state index contributed by atoms with van der Waals surface area (Å²) in [7, 11) is 0. The summed E-state index contributed by atoms with van der Waals surface area (Å²) in [6.45, 7) is 1.54. The fourth-order valence-corrected chi connectivity index (χ4v) is 5.67. The van der Waals surface area contributed by atoms with Crippen molar-refractivity contribution in [2.75, 3.05) is 36.1 Å². The van der Waals surface area contributed by atoms with E-state index in [1.54, 1.807) is 17.0 Å². The number of thiocarbonyl (C=S) groups is 1. The number of hydrogen-bond donors (Lipinski definition) is 0. The number of amides is 1. The number of nitriles is 1. The summed E-state index contributed by atoms with van der Waals surface area (Å²) < 4.78 is 59.2. The number of rotatable bonds is 6. The van der Waals surface area contributed by atoms with Crippen LogP contribution in [0.25, 0.3) is 0 Å². The minimum atomic E-state index is -4.82. The first-order chi connectivity index (χ1) is 18.2. The Bertz CT molecular complexity index is 1280. The number of carbonyl (C=O) groups excluding carboxylic acids is 1. The molecule has 39 heavy (non-hydrogen) atoms. The standard InChI is InChI=1S/C25H24F4N6O2S.ClH/c26-8-11-33-9-4-18(5-10-33)37-21-3-2-16(14-32-21)35-23(38)34(22(36)24(35)6-1-7-24)17-12-19(25(27,28)29)20(13-30)31-15-17;/h2-3,12,14-15,18H,1,4-11H2;1H. The highest BCUT2D eigenvalue weighted by Crippen LogP contribution is 2.48. The molecule has 0 N–H and O–H groups in total. The summed E-state index contributed by atoms with van der Waals surface area (Å²) in [4.78, 5) is 26.4. The minimum absolute atomic E-state index is 0. The van der Waals surface area contributed by atoms with Crippen molar-refractivity contribution >= 4 is 47.0 Å². The minimum Gasteiger partial charge on any atom is -0.474 e. The zero-order valence-electron chi connectivity index (χ0n) is 20.7. The quantitative estimate of drug-likeness (QED) is 0.358. The van der Waals surface area contributed by atoms with Crippen LogP contribution in [0.4, 0.5) is 28.9 Å². The molecule has 1 saturated carbocycles. The molecule has 3 aliphatic rings. The summed E-state index contributed by atoms with van der Waals surface area (Å²) in [5, 5.41) is 9.08. The van der Waals surface area contributed by atoms with E-state index in [9.17, 15) is 22.4 Å². The van der Waals surface area contributed by atoms with E-state index in [1.807, 2.05) is 4.90 Å². The Morgan fingerprint density at radius 3 is 2.38 bits per heavy atom. The highest BCUT2D eigenvalue weighted by atomic mass is 35.5. The number of pyridine rings is 2. The van der Waals surface area contributed by atoms with Gasteiger partial charge >= 0.3 is 6.18 Å². The Morgan fingerprint density at radius 1 is 1.15 bits per heavy atom. The fourth-order valence-electron chi connectivity index (χ4n) is 5.20. The number of hydrogen-bond acceptors (Lipinski definition) is 7. The molecule has 1 amide bonds. The predicted octanol–water partition coefficient (Wildman–Crippen LogP) is 4.66. The lowest BCUT2D eigenvalue weighted by atomic mass is 9.75. The van der Waals surface area contributed by atoms with Crippen molar-refractivity contribution in [3.8, 4) is 11.9 Å². The van der Waals surface area contributed by atoms with Gasteiger partial charge in [0.1, 0.15) is 24.4 Å². The number of likely N-dealkylation sites (tertiary alicyclic amines) is 1. The lowest BCUT2D eigenvalue weighted by Gasteiger charge is -2.42. The van der Waals surface area contributed by atoms with Gasteiger partial charge in [0.2, 0.25) is 5.88 Å². The Labute approximate surface area is 234 Å². The third kappa shape index (κ3) is 5.25. The molecular formula is C25H25ClF4N6O2S. The third-order valence-electron chi connectivity index (χ3n) is 7.34. The van der Waals surface area contributed by atoms with E-state index in [0.717, 1.165) is 49.5 Å². The molecular weight excluding hydrogens is 560 g/mol. The molecule has 1 aliphatic carbocycles. The van der Waals surface area contributed by atoms with Crippen molar-refractivity contribution in [1.82, 2.24) is 14.9 Å². The molecule has 2 aromatic heterocycles. The Hall–Kier alpha value is -3.08. The summed E-state index contributed by atoms with van der Waals surface area (Å²) in [6, 6.07) is 5.58. The Balaban J connectivity index is 0.00000353. The zero-order chi connectivity index (χ0) is 27.1.